The van der Waals surface area contributed by atoms with Crippen LogP contribution in [-0.4, -0.2) is 22.9 Å². The number of fused-ring (bicyclic) bond motifs is 1. The summed E-state index contributed by atoms with van der Waals surface area (Å²) in [4.78, 5) is 35.6. The lowest BCUT2D eigenvalue weighted by Gasteiger charge is -2.07. The molecule has 8 heteroatoms. The lowest BCUT2D eigenvalue weighted by Crippen LogP contribution is -2.32. The van der Waals surface area contributed by atoms with Gasteiger partial charge in [0.2, 0.25) is 11.8 Å². The van der Waals surface area contributed by atoms with E-state index in [1.54, 1.807) is 30.3 Å². The number of amides is 2. The molecular weight excluding hydrogens is 414 g/mol. The van der Waals surface area contributed by atoms with E-state index in [4.69, 9.17) is 4.42 Å². The van der Waals surface area contributed by atoms with E-state index in [-0.39, 0.29) is 24.8 Å². The molecule has 1 aromatic heterocycles. The molecule has 0 unspecified atom stereocenters. The number of nitrogens with zero attached hydrogens (tertiary/aromatic N) is 1. The van der Waals surface area contributed by atoms with Crippen LogP contribution in [0.4, 0.5) is 5.69 Å². The highest BCUT2D eigenvalue weighted by Crippen LogP contribution is 2.14. The number of nitrogens with one attached hydrogen (secondary N) is 2. The summed E-state index contributed by atoms with van der Waals surface area (Å²) < 4.78 is 7.57. The zero-order valence-corrected chi connectivity index (χ0v) is 16.0. The number of hydrogen-bond acceptors (Lipinski definition) is 4. The van der Waals surface area contributed by atoms with E-state index < -0.39 is 5.76 Å². The summed E-state index contributed by atoms with van der Waals surface area (Å²) in [5.74, 6) is -0.991. The summed E-state index contributed by atoms with van der Waals surface area (Å²) in [5, 5.41) is 5.27. The third kappa shape index (κ3) is 5.07. The van der Waals surface area contributed by atoms with E-state index in [0.29, 0.717) is 29.8 Å². The van der Waals surface area contributed by atoms with E-state index in [9.17, 15) is 14.4 Å². The lowest BCUT2D eigenvalue weighted by molar-refractivity contribution is -0.124. The topological polar surface area (TPSA) is 93.3 Å². The first-order valence-corrected chi connectivity index (χ1v) is 9.23. The normalized spacial score (nSPS) is 10.7. The molecule has 0 aliphatic carbocycles. The first kappa shape index (κ1) is 18.9. The van der Waals surface area contributed by atoms with E-state index >= 15 is 0 Å². The van der Waals surface area contributed by atoms with Gasteiger partial charge < -0.3 is 15.1 Å². The number of oxazole rings is 1. The van der Waals surface area contributed by atoms with Crippen molar-refractivity contribution < 1.29 is 14.0 Å². The van der Waals surface area contributed by atoms with E-state index in [2.05, 4.69) is 26.6 Å². The first-order chi connectivity index (χ1) is 13.0. The van der Waals surface area contributed by atoms with Gasteiger partial charge in [-0.1, -0.05) is 28.1 Å². The summed E-state index contributed by atoms with van der Waals surface area (Å²) in [6.45, 7) is 0.262. The standard InChI is InChI=1S/C19H18BrN3O4/c20-13-7-9-14(10-8-13)22-18(25)12-21-17(24)6-3-11-23-15-4-1-2-5-16(15)27-19(23)26/h1-2,4-5,7-10H,3,6,11-12H2,(H,21,24)(H,22,25). The molecule has 0 spiro atoms. The Kier molecular flexibility index (Phi) is 6.08. The van der Waals surface area contributed by atoms with E-state index in [0.717, 1.165) is 4.47 Å². The van der Waals surface area contributed by atoms with Crippen molar-refractivity contribution in [1.82, 2.24) is 9.88 Å². The number of halogens is 1. The van der Waals surface area contributed by atoms with Crippen molar-refractivity contribution in [3.63, 3.8) is 0 Å². The van der Waals surface area contributed by atoms with Crippen molar-refractivity contribution in [3.05, 3.63) is 63.6 Å². The van der Waals surface area contributed by atoms with Crippen LogP contribution in [0.1, 0.15) is 12.8 Å². The average molecular weight is 432 g/mol. The van der Waals surface area contributed by atoms with Crippen LogP contribution < -0.4 is 16.4 Å². The minimum atomic E-state index is -0.439. The first-order valence-electron chi connectivity index (χ1n) is 8.43. The molecule has 140 valence electrons. The molecule has 7 nitrogen and oxygen atoms in total. The Morgan fingerprint density at radius 2 is 1.78 bits per heavy atom. The molecule has 0 saturated heterocycles. The van der Waals surface area contributed by atoms with Crippen molar-refractivity contribution in [2.24, 2.45) is 0 Å². The van der Waals surface area contributed by atoms with Crippen LogP contribution >= 0.6 is 15.9 Å². The number of aromatic nitrogens is 1. The predicted octanol–water partition coefficient (Wildman–Crippen LogP) is 2.89. The molecule has 0 aliphatic heterocycles. The van der Waals surface area contributed by atoms with Crippen LogP contribution in [0.3, 0.4) is 0 Å². The fraction of sp³-hybridized carbons (Fsp3) is 0.211. The second kappa shape index (κ2) is 8.68. The second-order valence-electron chi connectivity index (χ2n) is 5.92. The maximum absolute atomic E-state index is 11.9. The zero-order valence-electron chi connectivity index (χ0n) is 14.4. The summed E-state index contributed by atoms with van der Waals surface area (Å²) in [5.41, 5.74) is 1.89. The highest BCUT2D eigenvalue weighted by molar-refractivity contribution is 9.10. The molecule has 0 fully saturated rings. The summed E-state index contributed by atoms with van der Waals surface area (Å²) in [6, 6.07) is 14.3. The van der Waals surface area contributed by atoms with Gasteiger partial charge in [-0.25, -0.2) is 4.79 Å². The van der Waals surface area contributed by atoms with Crippen molar-refractivity contribution in [3.8, 4) is 0 Å². The molecule has 3 aromatic rings. The minimum absolute atomic E-state index is 0.108. The highest BCUT2D eigenvalue weighted by atomic mass is 79.9. The third-order valence-corrected chi connectivity index (χ3v) is 4.46. The fourth-order valence-corrected chi connectivity index (χ4v) is 2.89. The number of benzene rings is 2. The third-order valence-electron chi connectivity index (χ3n) is 3.93. The maximum Gasteiger partial charge on any atom is 0.419 e. The fourth-order valence-electron chi connectivity index (χ4n) is 2.63. The van der Waals surface area contributed by atoms with Gasteiger partial charge in [0.15, 0.2) is 5.58 Å². The molecule has 2 aromatic carbocycles. The maximum atomic E-state index is 11.9. The molecule has 3 rings (SSSR count). The SMILES string of the molecule is O=C(CCCn1c(=O)oc2ccccc21)NCC(=O)Nc1ccc(Br)cc1. The Hall–Kier alpha value is -2.87. The summed E-state index contributed by atoms with van der Waals surface area (Å²) in [7, 11) is 0. The Labute approximate surface area is 163 Å². The van der Waals surface area contributed by atoms with Gasteiger partial charge in [0.1, 0.15) is 0 Å². The number of carbonyl (C=O) groups excluding carboxylic acids is 2. The van der Waals surface area contributed by atoms with Crippen LogP contribution in [0, 0.1) is 0 Å². The van der Waals surface area contributed by atoms with Gasteiger partial charge in [0.05, 0.1) is 12.1 Å². The number of anilines is 1. The smallest absolute Gasteiger partial charge is 0.408 e. The molecule has 0 radical (unpaired) electrons. The van der Waals surface area contributed by atoms with Gasteiger partial charge in [-0.3, -0.25) is 14.2 Å². The Morgan fingerprint density at radius 1 is 1.04 bits per heavy atom. The Balaban J connectivity index is 1.43. The Morgan fingerprint density at radius 3 is 2.56 bits per heavy atom. The Bertz CT molecular complexity index is 1010. The van der Waals surface area contributed by atoms with Crippen molar-refractivity contribution in [2.45, 2.75) is 19.4 Å². The minimum Gasteiger partial charge on any atom is -0.408 e. The molecule has 0 bridgehead atoms. The van der Waals surface area contributed by atoms with Gasteiger partial charge >= 0.3 is 5.76 Å². The number of rotatable bonds is 7. The molecule has 1 heterocycles. The number of para-hydroxylation sites is 2. The number of aryl methyl sites for hydroxylation is 1. The van der Waals surface area contributed by atoms with Gasteiger partial charge in [0, 0.05) is 23.1 Å². The number of carbonyl (C=O) groups is 2. The average Bonchev–Trinajstić information content (AvgIpc) is 2.97. The molecule has 2 amide bonds. The molecule has 0 aliphatic rings. The van der Waals surface area contributed by atoms with Crippen LogP contribution in [0.5, 0.6) is 0 Å². The van der Waals surface area contributed by atoms with Gasteiger partial charge in [-0.2, -0.15) is 0 Å². The molecule has 0 saturated carbocycles. The molecule has 0 atom stereocenters. The van der Waals surface area contributed by atoms with Crippen LogP contribution in [0.2, 0.25) is 0 Å². The van der Waals surface area contributed by atoms with Gasteiger partial charge in [-0.05, 0) is 42.8 Å². The second-order valence-corrected chi connectivity index (χ2v) is 6.84. The quantitative estimate of drug-likeness (QED) is 0.601. The largest absolute Gasteiger partial charge is 0.419 e. The molecular formula is C19H18BrN3O4. The van der Waals surface area contributed by atoms with Gasteiger partial charge in [-0.15, -0.1) is 0 Å². The van der Waals surface area contributed by atoms with Crippen LogP contribution in [0.15, 0.2) is 62.2 Å². The zero-order chi connectivity index (χ0) is 19.2. The summed E-state index contributed by atoms with van der Waals surface area (Å²) in [6.07, 6.45) is 0.668. The lowest BCUT2D eigenvalue weighted by atomic mass is 10.2. The van der Waals surface area contributed by atoms with Crippen molar-refractivity contribution in [2.75, 3.05) is 11.9 Å². The van der Waals surface area contributed by atoms with Crippen molar-refractivity contribution >= 4 is 44.5 Å². The monoisotopic (exact) mass is 431 g/mol. The van der Waals surface area contributed by atoms with Crippen LogP contribution in [0.25, 0.3) is 11.1 Å². The van der Waals surface area contributed by atoms with Crippen LogP contribution in [-0.2, 0) is 16.1 Å². The van der Waals surface area contributed by atoms with E-state index in [1.165, 1.54) is 4.57 Å². The summed E-state index contributed by atoms with van der Waals surface area (Å²) >= 11 is 3.32. The number of hydrogen-bond donors (Lipinski definition) is 2. The van der Waals surface area contributed by atoms with E-state index in [1.807, 2.05) is 18.2 Å². The predicted molar refractivity (Wildman–Crippen MR) is 105 cm³/mol. The molecule has 27 heavy (non-hydrogen) atoms. The van der Waals surface area contributed by atoms with Crippen molar-refractivity contribution in [1.29, 1.82) is 0 Å². The van der Waals surface area contributed by atoms with Gasteiger partial charge in [0.25, 0.3) is 0 Å². The molecule has 2 N–H and O–H groups in total. The highest BCUT2D eigenvalue weighted by Gasteiger charge is 2.10.